The van der Waals surface area contributed by atoms with Crippen LogP contribution < -0.4 is 11.1 Å². The highest BCUT2D eigenvalue weighted by molar-refractivity contribution is 5.97. The predicted octanol–water partition coefficient (Wildman–Crippen LogP) is 1.53. The van der Waals surface area contributed by atoms with E-state index in [0.29, 0.717) is 22.8 Å². The van der Waals surface area contributed by atoms with Crippen molar-refractivity contribution in [1.29, 1.82) is 0 Å². The molecule has 0 bridgehead atoms. The second-order valence-electron chi connectivity index (χ2n) is 3.80. The van der Waals surface area contributed by atoms with Gasteiger partial charge in [0.05, 0.1) is 18.4 Å². The summed E-state index contributed by atoms with van der Waals surface area (Å²) in [5.74, 6) is 0.202. The lowest BCUT2D eigenvalue weighted by molar-refractivity contribution is 0.0602. The lowest BCUT2D eigenvalue weighted by Crippen LogP contribution is -2.07. The number of hydrogen-bond donors (Lipinski definition) is 2. The van der Waals surface area contributed by atoms with E-state index in [-0.39, 0.29) is 0 Å². The van der Waals surface area contributed by atoms with Gasteiger partial charge in [-0.3, -0.25) is 4.68 Å². The Morgan fingerprint density at radius 3 is 2.83 bits per heavy atom. The van der Waals surface area contributed by atoms with Crippen molar-refractivity contribution in [2.45, 2.75) is 0 Å². The number of carbonyl (C=O) groups is 1. The maximum atomic E-state index is 11.6. The number of ether oxygens (including phenoxy) is 1. The Balaban J connectivity index is 2.35. The largest absolute Gasteiger partial charge is 0.465 e. The molecule has 0 spiro atoms. The van der Waals surface area contributed by atoms with Gasteiger partial charge in [-0.2, -0.15) is 5.10 Å². The molecule has 94 valence electrons. The number of carbonyl (C=O) groups excluding carboxylic acids is 1. The predicted molar refractivity (Wildman–Crippen MR) is 68.7 cm³/mol. The number of nitrogens with zero attached hydrogens (tertiary/aromatic N) is 2. The van der Waals surface area contributed by atoms with Crippen molar-refractivity contribution in [2.75, 3.05) is 18.2 Å². The average Bonchev–Trinajstić information content (AvgIpc) is 2.76. The molecule has 3 N–H and O–H groups in total. The second-order valence-corrected chi connectivity index (χ2v) is 3.80. The highest BCUT2D eigenvalue weighted by Crippen LogP contribution is 2.23. The van der Waals surface area contributed by atoms with Crippen LogP contribution >= 0.6 is 0 Å². The number of esters is 1. The minimum atomic E-state index is -0.444. The molecule has 0 saturated heterocycles. The van der Waals surface area contributed by atoms with Crippen molar-refractivity contribution in [3.05, 3.63) is 36.0 Å². The van der Waals surface area contributed by atoms with Crippen LogP contribution in [-0.2, 0) is 11.8 Å². The molecular weight excluding hydrogens is 232 g/mol. The molecule has 0 fully saturated rings. The molecule has 1 aromatic carbocycles. The van der Waals surface area contributed by atoms with Crippen LogP contribution in [0.2, 0.25) is 0 Å². The van der Waals surface area contributed by atoms with E-state index in [2.05, 4.69) is 10.4 Å². The molecule has 0 atom stereocenters. The monoisotopic (exact) mass is 246 g/mol. The fourth-order valence-electron chi connectivity index (χ4n) is 1.57. The van der Waals surface area contributed by atoms with Crippen LogP contribution in [0.5, 0.6) is 0 Å². The quantitative estimate of drug-likeness (QED) is 0.634. The van der Waals surface area contributed by atoms with E-state index >= 15 is 0 Å². The van der Waals surface area contributed by atoms with Crippen molar-refractivity contribution >= 4 is 23.2 Å². The number of nitrogens with two attached hydrogens (primary N) is 1. The van der Waals surface area contributed by atoms with Crippen LogP contribution in [-0.4, -0.2) is 22.9 Å². The van der Waals surface area contributed by atoms with E-state index < -0.39 is 5.97 Å². The molecule has 2 aromatic rings. The molecule has 0 amide bonds. The van der Waals surface area contributed by atoms with Gasteiger partial charge in [-0.1, -0.05) is 0 Å². The van der Waals surface area contributed by atoms with Crippen LogP contribution in [0.4, 0.5) is 17.2 Å². The summed E-state index contributed by atoms with van der Waals surface area (Å²) in [4.78, 5) is 11.6. The Hall–Kier alpha value is -2.50. The Morgan fingerprint density at radius 1 is 1.44 bits per heavy atom. The number of nitrogen functional groups attached to an aromatic ring is 1. The van der Waals surface area contributed by atoms with Crippen LogP contribution in [0, 0.1) is 0 Å². The lowest BCUT2D eigenvalue weighted by Gasteiger charge is -2.09. The number of aromatic nitrogens is 2. The second kappa shape index (κ2) is 4.79. The molecule has 0 saturated carbocycles. The molecule has 0 aliphatic rings. The van der Waals surface area contributed by atoms with Crippen LogP contribution in [0.25, 0.3) is 0 Å². The zero-order valence-electron chi connectivity index (χ0n) is 10.2. The molecular formula is C12H14N4O2. The molecule has 6 nitrogen and oxygen atoms in total. The molecule has 1 aromatic heterocycles. The molecule has 6 heteroatoms. The third-order valence-corrected chi connectivity index (χ3v) is 2.43. The van der Waals surface area contributed by atoms with Crippen molar-refractivity contribution in [3.8, 4) is 0 Å². The first kappa shape index (κ1) is 12.0. The van der Waals surface area contributed by atoms with Crippen molar-refractivity contribution in [1.82, 2.24) is 9.78 Å². The van der Waals surface area contributed by atoms with Crippen LogP contribution in [0.1, 0.15) is 10.4 Å². The lowest BCUT2D eigenvalue weighted by atomic mass is 10.1. The van der Waals surface area contributed by atoms with Crippen molar-refractivity contribution in [3.63, 3.8) is 0 Å². The number of benzene rings is 1. The highest BCUT2D eigenvalue weighted by Gasteiger charge is 2.13. The number of aryl methyl sites for hydroxylation is 1. The summed E-state index contributed by atoms with van der Waals surface area (Å²) in [5.41, 5.74) is 7.15. The fraction of sp³-hybridized carbons (Fsp3) is 0.167. The van der Waals surface area contributed by atoms with E-state index in [1.165, 1.54) is 7.11 Å². The molecule has 0 radical (unpaired) electrons. The highest BCUT2D eigenvalue weighted by atomic mass is 16.5. The number of anilines is 3. The average molecular weight is 246 g/mol. The van der Waals surface area contributed by atoms with Gasteiger partial charge in [-0.05, 0) is 18.2 Å². The third-order valence-electron chi connectivity index (χ3n) is 2.43. The van der Waals surface area contributed by atoms with E-state index in [0.717, 1.165) is 0 Å². The maximum Gasteiger partial charge on any atom is 0.340 e. The molecule has 0 unspecified atom stereocenters. The van der Waals surface area contributed by atoms with Gasteiger partial charge in [0, 0.05) is 25.0 Å². The molecule has 1 heterocycles. The van der Waals surface area contributed by atoms with Gasteiger partial charge < -0.3 is 15.8 Å². The molecule has 2 rings (SSSR count). The topological polar surface area (TPSA) is 82.2 Å². The standard InChI is InChI=1S/C12H14N4O2/c1-16-6-5-11(15-16)14-10-4-3-8(13)7-9(10)12(17)18-2/h3-7H,13H2,1-2H3,(H,14,15). The number of hydrogen-bond acceptors (Lipinski definition) is 5. The summed E-state index contributed by atoms with van der Waals surface area (Å²) in [6.45, 7) is 0. The normalized spacial score (nSPS) is 10.1. The summed E-state index contributed by atoms with van der Waals surface area (Å²) in [6, 6.07) is 6.79. The van der Waals surface area contributed by atoms with Gasteiger partial charge in [-0.15, -0.1) is 0 Å². The molecule has 18 heavy (non-hydrogen) atoms. The SMILES string of the molecule is COC(=O)c1cc(N)ccc1Nc1ccn(C)n1. The summed E-state index contributed by atoms with van der Waals surface area (Å²) < 4.78 is 6.38. The van der Waals surface area contributed by atoms with E-state index in [9.17, 15) is 4.79 Å². The number of nitrogens with one attached hydrogen (secondary N) is 1. The zero-order chi connectivity index (χ0) is 13.1. The van der Waals surface area contributed by atoms with Crippen molar-refractivity contribution in [2.24, 2.45) is 7.05 Å². The summed E-state index contributed by atoms with van der Waals surface area (Å²) in [5, 5.41) is 7.22. The van der Waals surface area contributed by atoms with Gasteiger partial charge in [0.25, 0.3) is 0 Å². The van der Waals surface area contributed by atoms with Crippen LogP contribution in [0.15, 0.2) is 30.5 Å². The van der Waals surface area contributed by atoms with Crippen LogP contribution in [0.3, 0.4) is 0 Å². The number of rotatable bonds is 3. The van der Waals surface area contributed by atoms with Gasteiger partial charge in [0.2, 0.25) is 0 Å². The Bertz CT molecular complexity index is 577. The summed E-state index contributed by atoms with van der Waals surface area (Å²) >= 11 is 0. The molecule has 0 aliphatic heterocycles. The minimum absolute atomic E-state index is 0.378. The summed E-state index contributed by atoms with van der Waals surface area (Å²) in [7, 11) is 3.14. The van der Waals surface area contributed by atoms with E-state index in [4.69, 9.17) is 10.5 Å². The minimum Gasteiger partial charge on any atom is -0.465 e. The first-order valence-electron chi connectivity index (χ1n) is 5.34. The summed E-state index contributed by atoms with van der Waals surface area (Å²) in [6.07, 6.45) is 1.80. The smallest absolute Gasteiger partial charge is 0.340 e. The van der Waals surface area contributed by atoms with Gasteiger partial charge in [-0.25, -0.2) is 4.79 Å². The number of methoxy groups -OCH3 is 1. The van der Waals surface area contributed by atoms with Gasteiger partial charge in [0.15, 0.2) is 5.82 Å². The Kier molecular flexibility index (Phi) is 3.18. The van der Waals surface area contributed by atoms with Gasteiger partial charge in [0.1, 0.15) is 0 Å². The Labute approximate surface area is 104 Å². The van der Waals surface area contributed by atoms with E-state index in [1.54, 1.807) is 35.1 Å². The third kappa shape index (κ3) is 2.42. The maximum absolute atomic E-state index is 11.6. The fourth-order valence-corrected chi connectivity index (χ4v) is 1.57. The zero-order valence-corrected chi connectivity index (χ0v) is 10.2. The first-order chi connectivity index (χ1) is 8.60. The molecule has 0 aliphatic carbocycles. The van der Waals surface area contributed by atoms with Crippen molar-refractivity contribution < 1.29 is 9.53 Å². The van der Waals surface area contributed by atoms with Gasteiger partial charge >= 0.3 is 5.97 Å². The first-order valence-corrected chi connectivity index (χ1v) is 5.34. The Morgan fingerprint density at radius 2 is 2.22 bits per heavy atom. The van der Waals surface area contributed by atoms with E-state index in [1.807, 2.05) is 7.05 Å².